The van der Waals surface area contributed by atoms with Crippen molar-refractivity contribution in [3.8, 4) is 6.07 Å². The van der Waals surface area contributed by atoms with Gasteiger partial charge in [-0.05, 0) is 42.9 Å². The van der Waals surface area contributed by atoms with E-state index < -0.39 is 5.82 Å². The summed E-state index contributed by atoms with van der Waals surface area (Å²) < 4.78 is 13.0. The smallest absolute Gasteiger partial charge is 0.228 e. The molecular formula is C14H13FN2O. The molecule has 2 unspecified atom stereocenters. The van der Waals surface area contributed by atoms with Gasteiger partial charge in [0.05, 0.1) is 11.3 Å². The molecule has 0 saturated heterocycles. The fourth-order valence-corrected chi connectivity index (χ4v) is 3.14. The predicted octanol–water partition coefficient (Wildman–Crippen LogP) is 2.68. The number of benzene rings is 1. The van der Waals surface area contributed by atoms with Gasteiger partial charge in [-0.3, -0.25) is 4.79 Å². The van der Waals surface area contributed by atoms with Crippen LogP contribution in [0.25, 0.3) is 0 Å². The number of fused-ring (bicyclic) bond motifs is 1. The van der Waals surface area contributed by atoms with E-state index in [4.69, 9.17) is 5.26 Å². The maximum absolute atomic E-state index is 13.0. The topological polar surface area (TPSA) is 52.9 Å². The first kappa shape index (κ1) is 11.2. The lowest BCUT2D eigenvalue weighted by molar-refractivity contribution is -0.118. The summed E-state index contributed by atoms with van der Waals surface area (Å²) in [5.41, 5.74) is 0.586. The van der Waals surface area contributed by atoms with Crippen molar-refractivity contribution < 1.29 is 9.18 Å². The van der Waals surface area contributed by atoms with Gasteiger partial charge < -0.3 is 5.32 Å². The molecule has 3 rings (SSSR count). The largest absolute Gasteiger partial charge is 0.325 e. The van der Waals surface area contributed by atoms with Gasteiger partial charge in [0.2, 0.25) is 5.91 Å². The van der Waals surface area contributed by atoms with Crippen molar-refractivity contribution in [2.75, 3.05) is 5.32 Å². The van der Waals surface area contributed by atoms with Crippen LogP contribution in [0.5, 0.6) is 0 Å². The van der Waals surface area contributed by atoms with Crippen molar-refractivity contribution in [3.05, 3.63) is 29.6 Å². The number of rotatable bonds is 2. The second-order valence-electron chi connectivity index (χ2n) is 5.08. The van der Waals surface area contributed by atoms with Gasteiger partial charge in [-0.2, -0.15) is 5.26 Å². The lowest BCUT2D eigenvalue weighted by Gasteiger charge is -2.08. The highest BCUT2D eigenvalue weighted by Gasteiger charge is 2.56. The maximum Gasteiger partial charge on any atom is 0.228 e. The summed E-state index contributed by atoms with van der Waals surface area (Å²) in [5, 5.41) is 11.7. The molecule has 0 heterocycles. The summed E-state index contributed by atoms with van der Waals surface area (Å²) in [6.45, 7) is 0. The lowest BCUT2D eigenvalue weighted by atomic mass is 10.1. The number of halogens is 1. The fraction of sp³-hybridized carbons (Fsp3) is 0.429. The van der Waals surface area contributed by atoms with Crippen LogP contribution in [0.3, 0.4) is 0 Å². The van der Waals surface area contributed by atoms with Crippen LogP contribution < -0.4 is 5.32 Å². The van der Waals surface area contributed by atoms with Crippen LogP contribution in [-0.4, -0.2) is 5.91 Å². The molecule has 1 N–H and O–H groups in total. The van der Waals surface area contributed by atoms with Gasteiger partial charge in [0.15, 0.2) is 0 Å². The number of hydrogen-bond donors (Lipinski definition) is 1. The Bertz CT molecular complexity index is 539. The molecule has 0 aromatic heterocycles. The lowest BCUT2D eigenvalue weighted by Crippen LogP contribution is -2.17. The van der Waals surface area contributed by atoms with Gasteiger partial charge in [-0.1, -0.05) is 6.42 Å². The number of hydrogen-bond acceptors (Lipinski definition) is 2. The summed E-state index contributed by atoms with van der Waals surface area (Å²) in [6.07, 6.45) is 3.49. The van der Waals surface area contributed by atoms with E-state index in [1.807, 2.05) is 6.07 Å². The molecule has 2 saturated carbocycles. The second-order valence-corrected chi connectivity index (χ2v) is 5.08. The van der Waals surface area contributed by atoms with E-state index in [0.717, 1.165) is 18.9 Å². The Labute approximate surface area is 105 Å². The highest BCUT2D eigenvalue weighted by Crippen LogP contribution is 2.57. The molecule has 18 heavy (non-hydrogen) atoms. The second kappa shape index (κ2) is 4.09. The molecule has 2 aliphatic rings. The van der Waals surface area contributed by atoms with Crippen LogP contribution in [0.1, 0.15) is 24.8 Å². The van der Waals surface area contributed by atoms with Crippen molar-refractivity contribution >= 4 is 11.6 Å². The number of nitrogens with one attached hydrogen (secondary N) is 1. The molecule has 0 aliphatic heterocycles. The zero-order chi connectivity index (χ0) is 12.7. The molecule has 2 fully saturated rings. The molecule has 0 spiro atoms. The quantitative estimate of drug-likeness (QED) is 0.869. The Morgan fingerprint density at radius 1 is 1.39 bits per heavy atom. The summed E-state index contributed by atoms with van der Waals surface area (Å²) in [7, 11) is 0. The zero-order valence-electron chi connectivity index (χ0n) is 9.82. The maximum atomic E-state index is 13.0. The number of carbonyl (C=O) groups excluding carboxylic acids is 1. The van der Waals surface area contributed by atoms with Crippen LogP contribution in [0, 0.1) is 34.9 Å². The Kier molecular flexibility index (Phi) is 2.55. The minimum atomic E-state index is -0.465. The molecule has 4 heteroatoms. The van der Waals surface area contributed by atoms with Crippen molar-refractivity contribution in [1.29, 1.82) is 5.26 Å². The summed E-state index contributed by atoms with van der Waals surface area (Å²) in [6, 6.07) is 5.74. The molecule has 2 atom stereocenters. The van der Waals surface area contributed by atoms with Crippen LogP contribution in [0.2, 0.25) is 0 Å². The first-order valence-corrected chi connectivity index (χ1v) is 6.21. The number of amides is 1. The standard InChI is InChI=1S/C14H13FN2O/c15-9-4-5-12(8(6-9)7-16)17-14(18)13-10-2-1-3-11(10)13/h4-6,10-11,13H,1-3H2,(H,17,18). The Morgan fingerprint density at radius 2 is 2.11 bits per heavy atom. The third kappa shape index (κ3) is 1.76. The molecule has 1 aromatic rings. The number of nitrogens with zero attached hydrogens (tertiary/aromatic N) is 1. The van der Waals surface area contributed by atoms with Crippen molar-refractivity contribution in [2.24, 2.45) is 17.8 Å². The van der Waals surface area contributed by atoms with Gasteiger partial charge in [-0.25, -0.2) is 4.39 Å². The van der Waals surface area contributed by atoms with E-state index in [1.54, 1.807) is 0 Å². The van der Waals surface area contributed by atoms with Crippen LogP contribution in [0.4, 0.5) is 10.1 Å². The van der Waals surface area contributed by atoms with E-state index >= 15 is 0 Å². The van der Waals surface area contributed by atoms with Crippen LogP contribution in [0.15, 0.2) is 18.2 Å². The number of nitriles is 1. The molecule has 92 valence electrons. The van der Waals surface area contributed by atoms with E-state index in [2.05, 4.69) is 5.32 Å². The summed E-state index contributed by atoms with van der Waals surface area (Å²) in [5.74, 6) is 0.697. The first-order valence-electron chi connectivity index (χ1n) is 6.21. The first-order chi connectivity index (χ1) is 8.70. The number of anilines is 1. The molecule has 0 radical (unpaired) electrons. The number of carbonyl (C=O) groups is 1. The van der Waals surface area contributed by atoms with Crippen molar-refractivity contribution in [1.82, 2.24) is 0 Å². The third-order valence-corrected chi connectivity index (χ3v) is 4.07. The third-order valence-electron chi connectivity index (χ3n) is 4.07. The molecule has 3 nitrogen and oxygen atoms in total. The normalized spacial score (nSPS) is 28.3. The average Bonchev–Trinajstić information content (AvgIpc) is 2.85. The molecular weight excluding hydrogens is 231 g/mol. The van der Waals surface area contributed by atoms with Gasteiger partial charge in [0, 0.05) is 5.92 Å². The van der Waals surface area contributed by atoms with Gasteiger partial charge in [0.1, 0.15) is 11.9 Å². The molecule has 2 aliphatic carbocycles. The average molecular weight is 244 g/mol. The van der Waals surface area contributed by atoms with Gasteiger partial charge in [-0.15, -0.1) is 0 Å². The molecule has 0 bridgehead atoms. The molecule has 1 aromatic carbocycles. The van der Waals surface area contributed by atoms with E-state index in [0.29, 0.717) is 17.5 Å². The molecule has 1 amide bonds. The zero-order valence-corrected chi connectivity index (χ0v) is 9.82. The van der Waals surface area contributed by atoms with Crippen molar-refractivity contribution in [3.63, 3.8) is 0 Å². The van der Waals surface area contributed by atoms with Gasteiger partial charge >= 0.3 is 0 Å². The monoisotopic (exact) mass is 244 g/mol. The van der Waals surface area contributed by atoms with E-state index in [9.17, 15) is 9.18 Å². The minimum absolute atomic E-state index is 0.0205. The SMILES string of the molecule is N#Cc1cc(F)ccc1NC(=O)C1C2CCCC21. The summed E-state index contributed by atoms with van der Waals surface area (Å²) in [4.78, 5) is 12.0. The van der Waals surface area contributed by atoms with Crippen LogP contribution >= 0.6 is 0 Å². The van der Waals surface area contributed by atoms with E-state index in [-0.39, 0.29) is 17.4 Å². The van der Waals surface area contributed by atoms with E-state index in [1.165, 1.54) is 18.6 Å². The Balaban J connectivity index is 1.73. The van der Waals surface area contributed by atoms with Gasteiger partial charge in [0.25, 0.3) is 0 Å². The van der Waals surface area contributed by atoms with Crippen LogP contribution in [-0.2, 0) is 4.79 Å². The summed E-state index contributed by atoms with van der Waals surface area (Å²) >= 11 is 0. The fourth-order valence-electron chi connectivity index (χ4n) is 3.14. The Morgan fingerprint density at radius 3 is 2.78 bits per heavy atom. The predicted molar refractivity (Wildman–Crippen MR) is 64.1 cm³/mol. The minimum Gasteiger partial charge on any atom is -0.325 e. The highest BCUT2D eigenvalue weighted by atomic mass is 19.1. The highest BCUT2D eigenvalue weighted by molar-refractivity contribution is 5.96. The van der Waals surface area contributed by atoms with Crippen molar-refractivity contribution in [2.45, 2.75) is 19.3 Å². The Hall–Kier alpha value is -1.89.